The average molecular weight is 287 g/mol. The fourth-order valence-electron chi connectivity index (χ4n) is 1.71. The van der Waals surface area contributed by atoms with Crippen LogP contribution in [0.1, 0.15) is 19.3 Å². The maximum Gasteiger partial charge on any atom is 0.128 e. The topological polar surface area (TPSA) is 42.1 Å². The lowest BCUT2D eigenvalue weighted by Gasteiger charge is -2.27. The standard InChI is InChI=1S/C10H15N3.3ClH/c11-9-4-5-10(12-8-9)13-6-2-1-3-7-13;;;/h4-5,8H,1-3,6-7,11H2;3*1H. The number of aromatic nitrogens is 1. The molecule has 3 nitrogen and oxygen atoms in total. The third-order valence-electron chi connectivity index (χ3n) is 2.45. The summed E-state index contributed by atoms with van der Waals surface area (Å²) in [5.41, 5.74) is 6.31. The molecule has 1 aromatic rings. The first-order valence-corrected chi connectivity index (χ1v) is 4.83. The van der Waals surface area contributed by atoms with Gasteiger partial charge in [0, 0.05) is 13.1 Å². The van der Waals surface area contributed by atoms with Gasteiger partial charge in [-0.3, -0.25) is 0 Å². The molecule has 1 aromatic heterocycles. The first-order chi connectivity index (χ1) is 6.36. The van der Waals surface area contributed by atoms with E-state index in [0.29, 0.717) is 0 Å². The summed E-state index contributed by atoms with van der Waals surface area (Å²) in [6.07, 6.45) is 5.65. The van der Waals surface area contributed by atoms with E-state index in [9.17, 15) is 0 Å². The Bertz CT molecular complexity index is 273. The number of nitrogens with zero attached hydrogens (tertiary/aromatic N) is 2. The van der Waals surface area contributed by atoms with Crippen molar-refractivity contribution in [3.05, 3.63) is 18.3 Å². The van der Waals surface area contributed by atoms with Crippen LogP contribution in [-0.2, 0) is 0 Å². The summed E-state index contributed by atoms with van der Waals surface area (Å²) < 4.78 is 0. The number of hydrogen-bond acceptors (Lipinski definition) is 3. The smallest absolute Gasteiger partial charge is 0.128 e. The first-order valence-electron chi connectivity index (χ1n) is 4.83. The Morgan fingerprint density at radius 3 is 2.12 bits per heavy atom. The van der Waals surface area contributed by atoms with Gasteiger partial charge in [0.25, 0.3) is 0 Å². The van der Waals surface area contributed by atoms with E-state index >= 15 is 0 Å². The lowest BCUT2D eigenvalue weighted by Crippen LogP contribution is -2.29. The zero-order valence-electron chi connectivity index (χ0n) is 8.96. The summed E-state index contributed by atoms with van der Waals surface area (Å²) in [6, 6.07) is 3.91. The van der Waals surface area contributed by atoms with Gasteiger partial charge in [0.1, 0.15) is 5.82 Å². The van der Waals surface area contributed by atoms with Gasteiger partial charge < -0.3 is 10.6 Å². The molecule has 2 heterocycles. The number of anilines is 2. The van der Waals surface area contributed by atoms with Crippen LogP contribution in [0, 0.1) is 0 Å². The van der Waals surface area contributed by atoms with Gasteiger partial charge in [0.05, 0.1) is 11.9 Å². The summed E-state index contributed by atoms with van der Waals surface area (Å²) in [5, 5.41) is 0. The summed E-state index contributed by atoms with van der Waals surface area (Å²) >= 11 is 0. The molecule has 0 bridgehead atoms. The van der Waals surface area contributed by atoms with Gasteiger partial charge in [-0.2, -0.15) is 0 Å². The number of pyridine rings is 1. The van der Waals surface area contributed by atoms with E-state index in [1.165, 1.54) is 19.3 Å². The van der Waals surface area contributed by atoms with Gasteiger partial charge in [0.15, 0.2) is 0 Å². The van der Waals surface area contributed by atoms with Crippen molar-refractivity contribution in [2.75, 3.05) is 23.7 Å². The third-order valence-corrected chi connectivity index (χ3v) is 2.45. The van der Waals surface area contributed by atoms with Crippen molar-refractivity contribution >= 4 is 48.7 Å². The third kappa shape index (κ3) is 4.64. The van der Waals surface area contributed by atoms with Gasteiger partial charge in [0.2, 0.25) is 0 Å². The lowest BCUT2D eigenvalue weighted by atomic mass is 10.1. The van der Waals surface area contributed by atoms with Crippen molar-refractivity contribution in [3.8, 4) is 0 Å². The molecule has 1 fully saturated rings. The fraction of sp³-hybridized carbons (Fsp3) is 0.500. The van der Waals surface area contributed by atoms with Crippen LogP contribution in [0.25, 0.3) is 0 Å². The van der Waals surface area contributed by atoms with Gasteiger partial charge in [-0.25, -0.2) is 4.98 Å². The van der Waals surface area contributed by atoms with Crippen LogP contribution in [0.5, 0.6) is 0 Å². The Labute approximate surface area is 115 Å². The largest absolute Gasteiger partial charge is 0.397 e. The van der Waals surface area contributed by atoms with Gasteiger partial charge >= 0.3 is 0 Å². The number of nitrogen functional groups attached to an aromatic ring is 1. The molecule has 6 heteroatoms. The maximum atomic E-state index is 5.58. The fourth-order valence-corrected chi connectivity index (χ4v) is 1.71. The highest BCUT2D eigenvalue weighted by molar-refractivity contribution is 5.86. The van der Waals surface area contributed by atoms with Crippen LogP contribution in [-0.4, -0.2) is 18.1 Å². The van der Waals surface area contributed by atoms with E-state index in [0.717, 1.165) is 24.6 Å². The van der Waals surface area contributed by atoms with E-state index in [2.05, 4.69) is 9.88 Å². The SMILES string of the molecule is Cl.Cl.Cl.Nc1ccc(N2CCCCC2)nc1. The van der Waals surface area contributed by atoms with Crippen molar-refractivity contribution in [3.63, 3.8) is 0 Å². The molecule has 0 saturated carbocycles. The van der Waals surface area contributed by atoms with E-state index in [1.807, 2.05) is 12.1 Å². The van der Waals surface area contributed by atoms with Crippen LogP contribution in [0.3, 0.4) is 0 Å². The zero-order valence-corrected chi connectivity index (χ0v) is 11.4. The number of halogens is 3. The molecule has 1 aliphatic heterocycles. The molecule has 0 atom stereocenters. The molecule has 94 valence electrons. The quantitative estimate of drug-likeness (QED) is 0.863. The molecule has 0 radical (unpaired) electrons. The highest BCUT2D eigenvalue weighted by Crippen LogP contribution is 2.17. The number of nitrogens with two attached hydrogens (primary N) is 1. The minimum absolute atomic E-state index is 0. The van der Waals surface area contributed by atoms with Crippen LogP contribution >= 0.6 is 37.2 Å². The van der Waals surface area contributed by atoms with E-state index in [4.69, 9.17) is 5.73 Å². The van der Waals surface area contributed by atoms with E-state index < -0.39 is 0 Å². The summed E-state index contributed by atoms with van der Waals surface area (Å²) in [7, 11) is 0. The van der Waals surface area contributed by atoms with Gasteiger partial charge in [-0.1, -0.05) is 0 Å². The molecule has 0 spiro atoms. The Hall–Kier alpha value is -0.380. The molecule has 2 N–H and O–H groups in total. The summed E-state index contributed by atoms with van der Waals surface area (Å²) in [4.78, 5) is 6.63. The van der Waals surface area contributed by atoms with E-state index in [1.54, 1.807) is 6.20 Å². The zero-order chi connectivity index (χ0) is 9.10. The second-order valence-electron chi connectivity index (χ2n) is 3.50. The first kappa shape index (κ1) is 18.0. The van der Waals surface area contributed by atoms with Crippen molar-refractivity contribution in [2.45, 2.75) is 19.3 Å². The maximum absolute atomic E-state index is 5.58. The number of hydrogen-bond donors (Lipinski definition) is 1. The second-order valence-corrected chi connectivity index (χ2v) is 3.50. The average Bonchev–Trinajstić information content (AvgIpc) is 2.20. The van der Waals surface area contributed by atoms with Crippen molar-refractivity contribution in [1.29, 1.82) is 0 Å². The molecule has 0 unspecified atom stereocenters. The molecule has 1 aliphatic rings. The Kier molecular flexibility index (Phi) is 9.83. The monoisotopic (exact) mass is 285 g/mol. The molecule has 0 aliphatic carbocycles. The number of rotatable bonds is 1. The molecule has 16 heavy (non-hydrogen) atoms. The molecule has 0 amide bonds. The highest BCUT2D eigenvalue weighted by atomic mass is 35.5. The van der Waals surface area contributed by atoms with Crippen LogP contribution in [0.4, 0.5) is 11.5 Å². The second kappa shape index (κ2) is 8.74. The van der Waals surface area contributed by atoms with Gasteiger partial charge in [-0.15, -0.1) is 37.2 Å². The van der Waals surface area contributed by atoms with Gasteiger partial charge in [-0.05, 0) is 31.4 Å². The summed E-state index contributed by atoms with van der Waals surface area (Å²) in [5.74, 6) is 1.06. The van der Waals surface area contributed by atoms with Crippen LogP contribution in [0.15, 0.2) is 18.3 Å². The van der Waals surface area contributed by atoms with Crippen molar-refractivity contribution in [2.24, 2.45) is 0 Å². The number of piperidine rings is 1. The predicted octanol–water partition coefficient (Wildman–Crippen LogP) is 2.92. The summed E-state index contributed by atoms with van der Waals surface area (Å²) in [6.45, 7) is 2.27. The molecular formula is C10H18Cl3N3. The highest BCUT2D eigenvalue weighted by Gasteiger charge is 2.10. The van der Waals surface area contributed by atoms with Crippen LogP contribution < -0.4 is 10.6 Å². The van der Waals surface area contributed by atoms with Crippen LogP contribution in [0.2, 0.25) is 0 Å². The Morgan fingerprint density at radius 2 is 1.62 bits per heavy atom. The van der Waals surface area contributed by atoms with Crippen molar-refractivity contribution in [1.82, 2.24) is 4.98 Å². The predicted molar refractivity (Wildman–Crippen MR) is 76.5 cm³/mol. The molecular weight excluding hydrogens is 268 g/mol. The van der Waals surface area contributed by atoms with Crippen molar-refractivity contribution < 1.29 is 0 Å². The Morgan fingerprint density at radius 1 is 1.00 bits per heavy atom. The normalized spacial score (nSPS) is 14.1. The van der Waals surface area contributed by atoms with E-state index in [-0.39, 0.29) is 37.2 Å². The Balaban J connectivity index is 0. The lowest BCUT2D eigenvalue weighted by molar-refractivity contribution is 0.573. The molecule has 0 aromatic carbocycles. The molecule has 2 rings (SSSR count). The minimum atomic E-state index is 0. The minimum Gasteiger partial charge on any atom is -0.397 e. The molecule has 1 saturated heterocycles.